The first-order valence-corrected chi connectivity index (χ1v) is 9.14. The Bertz CT molecular complexity index is 1050. The van der Waals surface area contributed by atoms with E-state index in [0.29, 0.717) is 0 Å². The van der Waals surface area contributed by atoms with Crippen molar-refractivity contribution in [1.82, 2.24) is 19.4 Å². The van der Waals surface area contributed by atoms with Gasteiger partial charge in [0.15, 0.2) is 0 Å². The van der Waals surface area contributed by atoms with Crippen LogP contribution in [0, 0.1) is 0 Å². The van der Waals surface area contributed by atoms with Crippen LogP contribution in [0.5, 0.6) is 0 Å². The first kappa shape index (κ1) is 16.3. The van der Waals surface area contributed by atoms with Gasteiger partial charge >= 0.3 is 0 Å². The first-order valence-electron chi connectivity index (χ1n) is 8.76. The van der Waals surface area contributed by atoms with Crippen LogP contribution in [-0.4, -0.2) is 39.1 Å². The van der Waals surface area contributed by atoms with Crippen LogP contribution in [0.4, 0.5) is 0 Å². The summed E-state index contributed by atoms with van der Waals surface area (Å²) in [5, 5.41) is 4.10. The van der Waals surface area contributed by atoms with E-state index < -0.39 is 0 Å². The number of halogens is 1. The quantitative estimate of drug-likeness (QED) is 0.520. The highest BCUT2D eigenvalue weighted by molar-refractivity contribution is 6.32. The average Bonchev–Trinajstić information content (AvgIpc) is 2.97. The summed E-state index contributed by atoms with van der Waals surface area (Å²) in [4.78, 5) is 11.7. The van der Waals surface area contributed by atoms with Gasteiger partial charge in [0.2, 0.25) is 0 Å². The number of hydrogen-bond donors (Lipinski definition) is 0. The molecule has 0 atom stereocenters. The van der Waals surface area contributed by atoms with E-state index in [1.54, 1.807) is 0 Å². The molecule has 3 heterocycles. The second-order valence-electron chi connectivity index (χ2n) is 6.24. The third-order valence-electron chi connectivity index (χ3n) is 4.94. The maximum absolute atomic E-state index is 6.28. The number of rotatable bonds is 5. The molecule has 0 bridgehead atoms. The minimum atomic E-state index is 0.732. The molecule has 4 aromatic rings. The molecule has 0 saturated carbocycles. The summed E-state index contributed by atoms with van der Waals surface area (Å²) >= 11 is 6.28. The molecule has 1 aromatic carbocycles. The molecule has 0 N–H and O–H groups in total. The van der Waals surface area contributed by atoms with Crippen LogP contribution >= 0.6 is 11.6 Å². The van der Waals surface area contributed by atoms with Gasteiger partial charge in [-0.25, -0.2) is 4.98 Å². The second-order valence-corrected chi connectivity index (χ2v) is 6.67. The predicted octanol–water partition coefficient (Wildman–Crippen LogP) is 4.73. The number of pyridine rings is 2. The molecular formula is C20H21ClN4. The van der Waals surface area contributed by atoms with Crippen LogP contribution in [0.25, 0.3) is 32.8 Å². The Balaban J connectivity index is 2.00. The largest absolute Gasteiger partial charge is 0.323 e. The molecule has 0 unspecified atom stereocenters. The molecule has 0 fully saturated rings. The summed E-state index contributed by atoms with van der Waals surface area (Å²) in [5.41, 5.74) is 3.15. The van der Waals surface area contributed by atoms with E-state index in [1.165, 1.54) is 5.52 Å². The number of fused-ring (bicyclic) bond motifs is 5. The predicted molar refractivity (Wildman–Crippen MR) is 105 cm³/mol. The Morgan fingerprint density at radius 1 is 1.04 bits per heavy atom. The van der Waals surface area contributed by atoms with Crippen molar-refractivity contribution < 1.29 is 0 Å². The number of likely N-dealkylation sites (N-methyl/N-ethyl adjacent to an activating group) is 1. The average molecular weight is 353 g/mol. The van der Waals surface area contributed by atoms with E-state index in [-0.39, 0.29) is 0 Å². The van der Waals surface area contributed by atoms with Crippen molar-refractivity contribution in [2.75, 3.05) is 19.6 Å². The Hall–Kier alpha value is -2.17. The Morgan fingerprint density at radius 2 is 1.88 bits per heavy atom. The molecule has 0 spiro atoms. The molecule has 5 heteroatoms. The van der Waals surface area contributed by atoms with Gasteiger partial charge in [0, 0.05) is 46.7 Å². The Morgan fingerprint density at radius 3 is 2.68 bits per heavy atom. The van der Waals surface area contributed by atoms with Gasteiger partial charge in [-0.3, -0.25) is 4.98 Å². The highest BCUT2D eigenvalue weighted by atomic mass is 35.5. The van der Waals surface area contributed by atoms with Crippen LogP contribution in [0.3, 0.4) is 0 Å². The lowest BCUT2D eigenvalue weighted by Gasteiger charge is -2.19. The molecular weight excluding hydrogens is 332 g/mol. The van der Waals surface area contributed by atoms with Crippen molar-refractivity contribution >= 4 is 44.4 Å². The minimum Gasteiger partial charge on any atom is -0.323 e. The fourth-order valence-corrected chi connectivity index (χ4v) is 3.74. The lowest BCUT2D eigenvalue weighted by atomic mass is 10.1. The third kappa shape index (κ3) is 2.75. The summed E-state index contributed by atoms with van der Waals surface area (Å²) < 4.78 is 2.32. The lowest BCUT2D eigenvalue weighted by molar-refractivity contribution is 0.293. The SMILES string of the molecule is CCN(CC)CCn1c2ncccc2c2cnc3ccc(Cl)cc3c21. The molecule has 0 amide bonds. The van der Waals surface area contributed by atoms with Crippen molar-refractivity contribution in [2.24, 2.45) is 0 Å². The zero-order valence-electron chi connectivity index (χ0n) is 14.5. The van der Waals surface area contributed by atoms with E-state index in [4.69, 9.17) is 11.6 Å². The van der Waals surface area contributed by atoms with Gasteiger partial charge in [-0.1, -0.05) is 25.4 Å². The molecule has 0 aliphatic carbocycles. The van der Waals surface area contributed by atoms with Crippen molar-refractivity contribution in [3.8, 4) is 0 Å². The van der Waals surface area contributed by atoms with Gasteiger partial charge in [-0.15, -0.1) is 0 Å². The number of benzene rings is 1. The highest BCUT2D eigenvalue weighted by Gasteiger charge is 2.15. The number of hydrogen-bond acceptors (Lipinski definition) is 3. The Labute approximate surface area is 152 Å². The molecule has 25 heavy (non-hydrogen) atoms. The summed E-state index contributed by atoms with van der Waals surface area (Å²) in [6.45, 7) is 8.39. The summed E-state index contributed by atoms with van der Waals surface area (Å²) in [6, 6.07) is 10.00. The zero-order chi connectivity index (χ0) is 17.4. The Kier molecular flexibility index (Phi) is 4.32. The molecule has 128 valence electrons. The second kappa shape index (κ2) is 6.62. The van der Waals surface area contributed by atoms with Gasteiger partial charge in [0.1, 0.15) is 5.65 Å². The van der Waals surface area contributed by atoms with Crippen molar-refractivity contribution in [3.05, 3.63) is 47.7 Å². The van der Waals surface area contributed by atoms with Crippen LogP contribution in [0.15, 0.2) is 42.7 Å². The third-order valence-corrected chi connectivity index (χ3v) is 5.17. The molecule has 0 aliphatic rings. The number of aromatic nitrogens is 3. The smallest absolute Gasteiger partial charge is 0.141 e. The highest BCUT2D eigenvalue weighted by Crippen LogP contribution is 2.33. The molecule has 0 saturated heterocycles. The molecule has 4 rings (SSSR count). The van der Waals surface area contributed by atoms with E-state index in [2.05, 4.69) is 39.3 Å². The number of nitrogens with zero attached hydrogens (tertiary/aromatic N) is 4. The standard InChI is InChI=1S/C20H21ClN4/c1-3-24(4-2)10-11-25-19-16-12-14(21)7-8-18(16)23-13-17(19)15-6-5-9-22-20(15)25/h5-9,12-13H,3-4,10-11H2,1-2H3. The molecule has 0 radical (unpaired) electrons. The molecule has 3 aromatic heterocycles. The summed E-state index contributed by atoms with van der Waals surface area (Å²) in [6.07, 6.45) is 3.82. The van der Waals surface area contributed by atoms with Crippen LogP contribution in [0.1, 0.15) is 13.8 Å². The van der Waals surface area contributed by atoms with Crippen molar-refractivity contribution in [3.63, 3.8) is 0 Å². The zero-order valence-corrected chi connectivity index (χ0v) is 15.3. The summed E-state index contributed by atoms with van der Waals surface area (Å²) in [5.74, 6) is 0. The van der Waals surface area contributed by atoms with E-state index in [0.717, 1.165) is 58.5 Å². The van der Waals surface area contributed by atoms with Crippen molar-refractivity contribution in [2.45, 2.75) is 20.4 Å². The monoisotopic (exact) mass is 352 g/mol. The van der Waals surface area contributed by atoms with E-state index in [9.17, 15) is 0 Å². The molecule has 4 nitrogen and oxygen atoms in total. The minimum absolute atomic E-state index is 0.732. The summed E-state index contributed by atoms with van der Waals surface area (Å²) in [7, 11) is 0. The van der Waals surface area contributed by atoms with E-state index in [1.807, 2.05) is 36.7 Å². The van der Waals surface area contributed by atoms with Crippen LogP contribution in [-0.2, 0) is 6.54 Å². The topological polar surface area (TPSA) is 34.0 Å². The van der Waals surface area contributed by atoms with Gasteiger partial charge in [-0.05, 0) is 43.4 Å². The fourth-order valence-electron chi connectivity index (χ4n) is 3.57. The maximum atomic E-state index is 6.28. The molecule has 0 aliphatic heterocycles. The van der Waals surface area contributed by atoms with Crippen LogP contribution < -0.4 is 0 Å². The van der Waals surface area contributed by atoms with Gasteiger partial charge in [-0.2, -0.15) is 0 Å². The van der Waals surface area contributed by atoms with Gasteiger partial charge in [0.25, 0.3) is 0 Å². The fraction of sp³-hybridized carbons (Fsp3) is 0.300. The first-order chi connectivity index (χ1) is 12.2. The van der Waals surface area contributed by atoms with Crippen LogP contribution in [0.2, 0.25) is 5.02 Å². The van der Waals surface area contributed by atoms with Crippen molar-refractivity contribution in [1.29, 1.82) is 0 Å². The van der Waals surface area contributed by atoms with E-state index >= 15 is 0 Å². The maximum Gasteiger partial charge on any atom is 0.141 e. The van der Waals surface area contributed by atoms with Gasteiger partial charge < -0.3 is 9.47 Å². The normalized spacial score (nSPS) is 12.0. The lowest BCUT2D eigenvalue weighted by Crippen LogP contribution is -2.27. The van der Waals surface area contributed by atoms with Gasteiger partial charge in [0.05, 0.1) is 11.0 Å².